The topological polar surface area (TPSA) is 32.7 Å². The minimum Gasteiger partial charge on any atom is -0.253 e. The quantitative estimate of drug-likeness (QED) is 0.356. The molecule has 0 unspecified atom stereocenters. The van der Waals surface area contributed by atoms with Crippen LogP contribution >= 0.6 is 11.6 Å². The summed E-state index contributed by atoms with van der Waals surface area (Å²) in [5.41, 5.74) is 1.53. The van der Waals surface area contributed by atoms with Crippen LogP contribution in [-0.4, -0.2) is 11.6 Å². The highest BCUT2D eigenvalue weighted by Crippen LogP contribution is 2.15. The lowest BCUT2D eigenvalue weighted by Gasteiger charge is -2.12. The predicted molar refractivity (Wildman–Crippen MR) is 74.2 cm³/mol. The molecule has 2 rings (SSSR count). The zero-order valence-corrected chi connectivity index (χ0v) is 10.3. The van der Waals surface area contributed by atoms with Crippen molar-refractivity contribution in [2.24, 2.45) is 5.10 Å². The Kier molecular flexibility index (Phi) is 4.10. The second-order valence-corrected chi connectivity index (χ2v) is 3.88. The third kappa shape index (κ3) is 3.18. The fourth-order valence-corrected chi connectivity index (χ4v) is 1.59. The molecule has 0 aliphatic rings. The van der Waals surface area contributed by atoms with Gasteiger partial charge in [-0.3, -0.25) is 4.79 Å². The van der Waals surface area contributed by atoms with Gasteiger partial charge < -0.3 is 0 Å². The van der Waals surface area contributed by atoms with Crippen LogP contribution in [0.4, 0.5) is 10.5 Å². The average Bonchev–Trinajstić information content (AvgIpc) is 2.41. The summed E-state index contributed by atoms with van der Waals surface area (Å²) in [4.78, 5) is 11.3. The maximum Gasteiger partial charge on any atom is 0.341 e. The lowest BCUT2D eigenvalue weighted by atomic mass is 10.2. The highest BCUT2D eigenvalue weighted by molar-refractivity contribution is 6.66. The van der Waals surface area contributed by atoms with E-state index in [1.165, 1.54) is 0 Å². The molecule has 3 nitrogen and oxygen atoms in total. The summed E-state index contributed by atoms with van der Waals surface area (Å²) < 4.78 is 0. The molecular weight excluding hydrogens is 248 g/mol. The summed E-state index contributed by atoms with van der Waals surface area (Å²) in [5.74, 6) is 0. The van der Waals surface area contributed by atoms with Gasteiger partial charge in [-0.15, -0.1) is 0 Å². The first kappa shape index (κ1) is 12.3. The maximum absolute atomic E-state index is 11.3. The molecule has 18 heavy (non-hydrogen) atoms. The fraction of sp³-hybridized carbons (Fsp3) is 0. The molecular formula is C14H11ClN2O. The van der Waals surface area contributed by atoms with Gasteiger partial charge in [0.25, 0.3) is 0 Å². The van der Waals surface area contributed by atoms with Gasteiger partial charge in [0.1, 0.15) is 0 Å². The van der Waals surface area contributed by atoms with Crippen LogP contribution in [0.15, 0.2) is 65.8 Å². The van der Waals surface area contributed by atoms with E-state index >= 15 is 0 Å². The Labute approximate surface area is 110 Å². The minimum absolute atomic E-state index is 0.629. The van der Waals surface area contributed by atoms with Crippen molar-refractivity contribution in [3.05, 3.63) is 66.2 Å². The number of carbonyl (C=O) groups is 1. The van der Waals surface area contributed by atoms with Gasteiger partial charge in [0.15, 0.2) is 0 Å². The van der Waals surface area contributed by atoms with Crippen molar-refractivity contribution in [3.63, 3.8) is 0 Å². The third-order valence-corrected chi connectivity index (χ3v) is 2.45. The molecule has 0 saturated carbocycles. The molecule has 0 aliphatic heterocycles. The van der Waals surface area contributed by atoms with Crippen molar-refractivity contribution in [1.29, 1.82) is 0 Å². The molecule has 0 radical (unpaired) electrons. The minimum atomic E-state index is -0.645. The van der Waals surface area contributed by atoms with E-state index in [1.54, 1.807) is 18.3 Å². The monoisotopic (exact) mass is 258 g/mol. The first-order valence-electron chi connectivity index (χ1n) is 5.41. The van der Waals surface area contributed by atoms with Crippen LogP contribution in [0.1, 0.15) is 5.56 Å². The van der Waals surface area contributed by atoms with Crippen LogP contribution in [0, 0.1) is 0 Å². The summed E-state index contributed by atoms with van der Waals surface area (Å²) >= 11 is 5.52. The summed E-state index contributed by atoms with van der Waals surface area (Å²) in [5, 5.41) is 4.59. The second-order valence-electron chi connectivity index (χ2n) is 3.56. The number of anilines is 1. The number of rotatable bonds is 3. The molecule has 0 bridgehead atoms. The van der Waals surface area contributed by atoms with E-state index in [2.05, 4.69) is 5.10 Å². The van der Waals surface area contributed by atoms with Gasteiger partial charge in [-0.25, -0.2) is 0 Å². The summed E-state index contributed by atoms with van der Waals surface area (Å²) in [6, 6.07) is 18.5. The summed E-state index contributed by atoms with van der Waals surface area (Å²) in [6.07, 6.45) is 1.59. The number of hydrogen-bond donors (Lipinski definition) is 0. The number of nitrogens with zero attached hydrogens (tertiary/aromatic N) is 2. The second kappa shape index (κ2) is 5.98. The van der Waals surface area contributed by atoms with E-state index in [0.717, 1.165) is 10.6 Å². The van der Waals surface area contributed by atoms with Gasteiger partial charge >= 0.3 is 5.37 Å². The van der Waals surface area contributed by atoms with Crippen molar-refractivity contribution in [2.45, 2.75) is 0 Å². The van der Waals surface area contributed by atoms with E-state index in [-0.39, 0.29) is 0 Å². The standard InChI is InChI=1S/C14H11ClN2O/c15-14(18)17(13-9-5-2-6-10-13)16-11-12-7-3-1-4-8-12/h1-11H. The van der Waals surface area contributed by atoms with E-state index < -0.39 is 5.37 Å². The van der Waals surface area contributed by atoms with Gasteiger partial charge in [0, 0.05) is 0 Å². The van der Waals surface area contributed by atoms with E-state index in [4.69, 9.17) is 11.6 Å². The zero-order valence-electron chi connectivity index (χ0n) is 9.53. The summed E-state index contributed by atoms with van der Waals surface area (Å²) in [6.45, 7) is 0. The predicted octanol–water partition coefficient (Wildman–Crippen LogP) is 3.89. The molecule has 0 aromatic heterocycles. The van der Waals surface area contributed by atoms with Crippen LogP contribution in [-0.2, 0) is 0 Å². The van der Waals surface area contributed by atoms with E-state index in [0.29, 0.717) is 5.69 Å². The van der Waals surface area contributed by atoms with Gasteiger partial charge in [-0.05, 0) is 29.3 Å². The molecule has 2 aromatic rings. The molecule has 1 amide bonds. The van der Waals surface area contributed by atoms with Crippen molar-refractivity contribution < 1.29 is 4.79 Å². The zero-order chi connectivity index (χ0) is 12.8. The average molecular weight is 259 g/mol. The SMILES string of the molecule is O=C(Cl)N(N=Cc1ccccc1)c1ccccc1. The lowest BCUT2D eigenvalue weighted by Crippen LogP contribution is -2.18. The molecule has 2 aromatic carbocycles. The molecule has 0 spiro atoms. The number of carbonyl (C=O) groups excluding carboxylic acids is 1. The fourth-order valence-electron chi connectivity index (χ4n) is 1.45. The van der Waals surface area contributed by atoms with Gasteiger partial charge in [0.05, 0.1) is 11.9 Å². The third-order valence-electron chi connectivity index (χ3n) is 2.29. The van der Waals surface area contributed by atoms with E-state index in [9.17, 15) is 4.79 Å². The van der Waals surface area contributed by atoms with Crippen LogP contribution in [0.2, 0.25) is 0 Å². The lowest BCUT2D eigenvalue weighted by molar-refractivity contribution is 0.264. The van der Waals surface area contributed by atoms with Gasteiger partial charge in [-0.1, -0.05) is 48.5 Å². The van der Waals surface area contributed by atoms with Gasteiger partial charge in [0.2, 0.25) is 0 Å². The Morgan fingerprint density at radius 3 is 2.11 bits per heavy atom. The number of amides is 1. The highest BCUT2D eigenvalue weighted by atomic mass is 35.5. The Bertz CT molecular complexity index is 540. The number of hydrogen-bond acceptors (Lipinski definition) is 2. The van der Waals surface area contributed by atoms with Crippen molar-refractivity contribution in [1.82, 2.24) is 0 Å². The molecule has 0 saturated heterocycles. The number of halogens is 1. The van der Waals surface area contributed by atoms with Crippen molar-refractivity contribution in [3.8, 4) is 0 Å². The van der Waals surface area contributed by atoms with Crippen LogP contribution < -0.4 is 5.01 Å². The maximum atomic E-state index is 11.3. The van der Waals surface area contributed by atoms with E-state index in [1.807, 2.05) is 48.5 Å². The Morgan fingerprint density at radius 1 is 1.00 bits per heavy atom. The largest absolute Gasteiger partial charge is 0.341 e. The number of para-hydroxylation sites is 1. The molecule has 0 heterocycles. The molecule has 0 atom stereocenters. The van der Waals surface area contributed by atoms with Crippen LogP contribution in [0.25, 0.3) is 0 Å². The Balaban J connectivity index is 2.23. The Hall–Kier alpha value is -2.13. The van der Waals surface area contributed by atoms with Gasteiger partial charge in [-0.2, -0.15) is 10.1 Å². The molecule has 0 aliphatic carbocycles. The normalized spacial score (nSPS) is 10.5. The van der Waals surface area contributed by atoms with Crippen LogP contribution in [0.3, 0.4) is 0 Å². The highest BCUT2D eigenvalue weighted by Gasteiger charge is 2.10. The first-order chi connectivity index (χ1) is 8.77. The molecule has 0 N–H and O–H groups in total. The van der Waals surface area contributed by atoms with Crippen LogP contribution in [0.5, 0.6) is 0 Å². The van der Waals surface area contributed by atoms with Crippen molar-refractivity contribution >= 4 is 28.9 Å². The Morgan fingerprint density at radius 2 is 1.56 bits per heavy atom. The summed E-state index contributed by atoms with van der Waals surface area (Å²) in [7, 11) is 0. The van der Waals surface area contributed by atoms with Crippen molar-refractivity contribution in [2.75, 3.05) is 5.01 Å². The molecule has 90 valence electrons. The number of benzene rings is 2. The smallest absolute Gasteiger partial charge is 0.253 e. The molecule has 4 heteroatoms. The molecule has 0 fully saturated rings. The number of hydrazone groups is 1. The first-order valence-corrected chi connectivity index (χ1v) is 5.79.